The Kier molecular flexibility index (Phi) is 6.86. The van der Waals surface area contributed by atoms with Crippen LogP contribution in [0.3, 0.4) is 0 Å². The van der Waals surface area contributed by atoms with E-state index in [-0.39, 0.29) is 18.1 Å². The maximum atomic E-state index is 14.4. The number of aliphatic imine (C=N–C) groups is 1. The highest BCUT2D eigenvalue weighted by atomic mass is 35.5. The summed E-state index contributed by atoms with van der Waals surface area (Å²) in [4.78, 5) is 56.3. The van der Waals surface area contributed by atoms with E-state index in [2.05, 4.69) is 0 Å². The van der Waals surface area contributed by atoms with Gasteiger partial charge in [-0.05, 0) is 55.5 Å². The van der Waals surface area contributed by atoms with Crippen LogP contribution in [0.4, 0.5) is 10.5 Å². The van der Waals surface area contributed by atoms with E-state index in [4.69, 9.17) is 31.1 Å². The highest BCUT2D eigenvalue weighted by Crippen LogP contribution is 2.63. The first-order valence-electron chi connectivity index (χ1n) is 15.7. The lowest BCUT2D eigenvalue weighted by molar-refractivity contribution is -0.119. The number of aromatic nitrogens is 2. The van der Waals surface area contributed by atoms with Crippen LogP contribution in [0.25, 0.3) is 10.9 Å². The van der Waals surface area contributed by atoms with Crippen molar-refractivity contribution in [2.24, 2.45) is 4.99 Å². The van der Waals surface area contributed by atoms with Gasteiger partial charge in [0.05, 0.1) is 22.9 Å². The number of hydrogen-bond donors (Lipinski definition) is 0. The van der Waals surface area contributed by atoms with Crippen LogP contribution >= 0.6 is 11.6 Å². The van der Waals surface area contributed by atoms with Gasteiger partial charge in [-0.25, -0.2) is 14.8 Å². The van der Waals surface area contributed by atoms with Crippen molar-refractivity contribution in [3.63, 3.8) is 0 Å². The van der Waals surface area contributed by atoms with Gasteiger partial charge >= 0.3 is 6.09 Å². The molecule has 0 saturated carbocycles. The highest BCUT2D eigenvalue weighted by Gasteiger charge is 2.70. The van der Waals surface area contributed by atoms with E-state index in [1.54, 1.807) is 20.4 Å². The van der Waals surface area contributed by atoms with Gasteiger partial charge in [0.25, 0.3) is 11.5 Å². The molecule has 5 aliphatic heterocycles. The minimum absolute atomic E-state index is 0.0593. The zero-order valence-corrected chi connectivity index (χ0v) is 26.0. The number of amides is 2. The fraction of sp³-hybridized carbons (Fsp3) is 0.343. The molecule has 0 N–H and O–H groups in total. The zero-order valence-electron chi connectivity index (χ0n) is 25.2. The average Bonchev–Trinajstić information content (AvgIpc) is 3.53. The van der Waals surface area contributed by atoms with Crippen molar-refractivity contribution in [1.82, 2.24) is 14.5 Å². The summed E-state index contributed by atoms with van der Waals surface area (Å²) >= 11 is 6.12. The summed E-state index contributed by atoms with van der Waals surface area (Å²) in [6.45, 7) is 2.32. The van der Waals surface area contributed by atoms with Gasteiger partial charge in [0, 0.05) is 11.6 Å². The molecule has 5 aliphatic rings. The Labute approximate surface area is 270 Å². The number of hydrogen-bond acceptors (Lipinski definition) is 7. The highest BCUT2D eigenvalue weighted by molar-refractivity contribution is 6.17. The minimum atomic E-state index is -0.930. The van der Waals surface area contributed by atoms with Crippen molar-refractivity contribution >= 4 is 46.1 Å². The first-order chi connectivity index (χ1) is 22.5. The second-order valence-electron chi connectivity index (χ2n) is 12.1. The van der Waals surface area contributed by atoms with Crippen LogP contribution < -0.4 is 10.5 Å². The Bertz CT molecular complexity index is 1960. The molecule has 1 fully saturated rings. The largest absolute Gasteiger partial charge is 0.480 e. The number of nitrogens with zero attached hydrogens (tertiary/aromatic N) is 5. The molecular weight excluding hydrogens is 606 g/mol. The molecule has 4 aromatic rings. The molecule has 6 heterocycles. The third-order valence-corrected chi connectivity index (χ3v) is 10.0. The molecule has 3 aromatic carbocycles. The van der Waals surface area contributed by atoms with Gasteiger partial charge in [0.2, 0.25) is 5.90 Å². The minimum Gasteiger partial charge on any atom is -0.480 e. The molecule has 1 spiro atoms. The summed E-state index contributed by atoms with van der Waals surface area (Å²) in [7, 11) is 0. The Morgan fingerprint density at radius 1 is 1.02 bits per heavy atom. The smallest absolute Gasteiger partial charge is 0.412 e. The SMILES string of the molecule is CCOC1=N[C@@H]2c3nc4ccccc4c(=O)n3[C@H]1C[C@]21c2ccccc2N2C(=O)[C@H](CCCCl)N(C(=O)OCc3ccccc3)[C@H]21. The molecule has 0 radical (unpaired) electrons. The molecule has 0 aliphatic carbocycles. The summed E-state index contributed by atoms with van der Waals surface area (Å²) < 4.78 is 13.7. The lowest BCUT2D eigenvalue weighted by atomic mass is 9.65. The van der Waals surface area contributed by atoms with E-state index in [9.17, 15) is 14.4 Å². The van der Waals surface area contributed by atoms with Crippen molar-refractivity contribution in [2.75, 3.05) is 17.4 Å². The van der Waals surface area contributed by atoms with Gasteiger partial charge in [-0.2, -0.15) is 0 Å². The van der Waals surface area contributed by atoms with Gasteiger partial charge in [0.1, 0.15) is 36.7 Å². The number of benzene rings is 3. The summed E-state index contributed by atoms with van der Waals surface area (Å²) in [5, 5.41) is 0.514. The number of halogens is 1. The van der Waals surface area contributed by atoms with Crippen LogP contribution in [0.1, 0.15) is 55.2 Å². The van der Waals surface area contributed by atoms with Crippen LogP contribution in [0.5, 0.6) is 0 Å². The van der Waals surface area contributed by atoms with Crippen molar-refractivity contribution < 1.29 is 19.1 Å². The molecule has 1 saturated heterocycles. The quantitative estimate of drug-likeness (QED) is 0.259. The van der Waals surface area contributed by atoms with Gasteiger partial charge < -0.3 is 9.47 Å². The average molecular weight is 638 g/mol. The fourth-order valence-electron chi connectivity index (χ4n) is 7.97. The molecule has 10 nitrogen and oxygen atoms in total. The summed E-state index contributed by atoms with van der Waals surface area (Å²) in [5.41, 5.74) is 1.92. The molecule has 5 atom stereocenters. The van der Waals surface area contributed by atoms with E-state index in [1.807, 2.05) is 79.7 Å². The topological polar surface area (TPSA) is 106 Å². The first-order valence-corrected chi connectivity index (χ1v) is 16.2. The normalized spacial score (nSPS) is 25.4. The van der Waals surface area contributed by atoms with Gasteiger partial charge in [-0.15, -0.1) is 11.6 Å². The van der Waals surface area contributed by atoms with Crippen LogP contribution in [0, 0.1) is 0 Å². The van der Waals surface area contributed by atoms with Crippen molar-refractivity contribution in [3.8, 4) is 0 Å². The predicted octanol–water partition coefficient (Wildman–Crippen LogP) is 5.48. The van der Waals surface area contributed by atoms with Crippen LogP contribution in [0.15, 0.2) is 88.6 Å². The Balaban J connectivity index is 1.33. The van der Waals surface area contributed by atoms with Gasteiger partial charge in [0.15, 0.2) is 0 Å². The van der Waals surface area contributed by atoms with Gasteiger partial charge in [-0.1, -0.05) is 60.7 Å². The number of para-hydroxylation sites is 2. The predicted molar refractivity (Wildman–Crippen MR) is 173 cm³/mol. The summed E-state index contributed by atoms with van der Waals surface area (Å²) in [6.07, 6.45) is -0.0536. The molecule has 11 heteroatoms. The van der Waals surface area contributed by atoms with E-state index in [1.165, 1.54) is 0 Å². The molecular formula is C35H32ClN5O5. The third kappa shape index (κ3) is 3.98. The lowest BCUT2D eigenvalue weighted by Gasteiger charge is -2.51. The molecule has 1 aromatic heterocycles. The van der Waals surface area contributed by atoms with Crippen molar-refractivity contribution in [1.29, 1.82) is 0 Å². The van der Waals surface area contributed by atoms with Gasteiger partial charge in [-0.3, -0.25) is 24.0 Å². The number of carbonyl (C=O) groups excluding carboxylic acids is 2. The number of ether oxygens (including phenoxy) is 2. The Morgan fingerprint density at radius 2 is 1.78 bits per heavy atom. The second kappa shape index (κ2) is 11.0. The maximum absolute atomic E-state index is 14.4. The number of anilines is 1. The monoisotopic (exact) mass is 637 g/mol. The standard InChI is InChI=1S/C35H32ClN5O5/c1-2-45-30-27-19-35(28(38-30)29-37-24-15-8-6-13-22(24)31(42)39(27)29)23-14-7-9-16-25(23)40-32(43)26(17-10-18-36)41(33(35)40)34(44)46-20-21-11-4-3-5-12-21/h3-9,11-16,26-28,33H,2,10,17-20H2,1H3/t26-,27-,28+,33-,35-/m0/s1. The van der Waals surface area contributed by atoms with Crippen LogP contribution in [-0.2, 0) is 26.3 Å². The van der Waals surface area contributed by atoms with E-state index >= 15 is 0 Å². The number of fused-ring (bicyclic) bond motifs is 4. The molecule has 0 unspecified atom stereocenters. The van der Waals surface area contributed by atoms with Crippen molar-refractivity contribution in [2.45, 2.75) is 62.5 Å². The van der Waals surface area contributed by atoms with Crippen LogP contribution in [-0.4, -0.2) is 57.0 Å². The molecule has 2 amide bonds. The second-order valence-corrected chi connectivity index (χ2v) is 12.5. The summed E-state index contributed by atoms with van der Waals surface area (Å²) in [5.74, 6) is 1.12. The lowest BCUT2D eigenvalue weighted by Crippen LogP contribution is -2.61. The number of alkyl halides is 1. The van der Waals surface area contributed by atoms with E-state index < -0.39 is 35.8 Å². The number of rotatable bonds is 6. The molecule has 234 valence electrons. The molecule has 46 heavy (non-hydrogen) atoms. The first kappa shape index (κ1) is 28.8. The fourth-order valence-corrected chi connectivity index (χ4v) is 8.13. The van der Waals surface area contributed by atoms with E-state index in [0.29, 0.717) is 54.4 Å². The van der Waals surface area contributed by atoms with Crippen LogP contribution in [0.2, 0.25) is 0 Å². The van der Waals surface area contributed by atoms with Crippen molar-refractivity contribution in [3.05, 3.63) is 106 Å². The Morgan fingerprint density at radius 3 is 2.59 bits per heavy atom. The zero-order chi connectivity index (χ0) is 31.6. The maximum Gasteiger partial charge on any atom is 0.412 e. The summed E-state index contributed by atoms with van der Waals surface area (Å²) in [6, 6.07) is 22.4. The Hall–Kier alpha value is -4.70. The number of carbonyl (C=O) groups is 2. The third-order valence-electron chi connectivity index (χ3n) is 9.76. The molecule has 2 bridgehead atoms. The van der Waals surface area contributed by atoms with E-state index in [0.717, 1.165) is 16.8 Å². The molecule has 9 rings (SSSR count).